The highest BCUT2D eigenvalue weighted by Crippen LogP contribution is 2.14. The van der Waals surface area contributed by atoms with Crippen molar-refractivity contribution in [3.8, 4) is 0 Å². The third kappa shape index (κ3) is 3.16. The maximum absolute atomic E-state index is 4.96. The van der Waals surface area contributed by atoms with Gasteiger partial charge in [0, 0.05) is 12.1 Å². The van der Waals surface area contributed by atoms with E-state index in [1.807, 2.05) is 6.92 Å². The van der Waals surface area contributed by atoms with E-state index in [0.717, 1.165) is 12.2 Å². The van der Waals surface area contributed by atoms with Gasteiger partial charge in [0.05, 0.1) is 6.20 Å². The third-order valence-electron chi connectivity index (χ3n) is 2.43. The highest BCUT2D eigenvalue weighted by atomic mass is 16.5. The molecule has 0 fully saturated rings. The molecule has 1 atom stereocenters. The standard InChI is InChI=1S/C11H16N6O/c1-4-7(2)13-11-15-10(6-12-16-11)14-9-5-8(3)18-17-9/h5-7H,4H2,1-3H3,(H2,13,14,15,16,17). The SMILES string of the molecule is CCC(C)Nc1nncc(Nc2cc(C)on2)n1. The average Bonchev–Trinajstić information content (AvgIpc) is 2.75. The van der Waals surface area contributed by atoms with Gasteiger partial charge in [-0.15, -0.1) is 5.10 Å². The molecule has 0 aliphatic heterocycles. The fourth-order valence-corrected chi connectivity index (χ4v) is 1.30. The molecule has 0 aliphatic rings. The summed E-state index contributed by atoms with van der Waals surface area (Å²) in [7, 11) is 0. The van der Waals surface area contributed by atoms with Crippen molar-refractivity contribution in [3.05, 3.63) is 18.0 Å². The van der Waals surface area contributed by atoms with E-state index in [2.05, 4.69) is 44.8 Å². The van der Waals surface area contributed by atoms with Crippen LogP contribution in [0.4, 0.5) is 17.6 Å². The van der Waals surface area contributed by atoms with Gasteiger partial charge in [0.15, 0.2) is 11.6 Å². The molecule has 2 aromatic heterocycles. The second kappa shape index (κ2) is 5.44. The number of nitrogens with zero attached hydrogens (tertiary/aromatic N) is 4. The van der Waals surface area contributed by atoms with Crippen LogP contribution in [0.1, 0.15) is 26.0 Å². The van der Waals surface area contributed by atoms with Gasteiger partial charge in [-0.1, -0.05) is 12.1 Å². The molecule has 1 unspecified atom stereocenters. The Morgan fingerprint density at radius 2 is 2.22 bits per heavy atom. The molecule has 0 saturated heterocycles. The van der Waals surface area contributed by atoms with Crippen molar-refractivity contribution in [2.24, 2.45) is 0 Å². The van der Waals surface area contributed by atoms with Crippen molar-refractivity contribution >= 4 is 17.6 Å². The van der Waals surface area contributed by atoms with Crippen LogP contribution < -0.4 is 10.6 Å². The lowest BCUT2D eigenvalue weighted by Crippen LogP contribution is -2.16. The van der Waals surface area contributed by atoms with Gasteiger partial charge in [-0.3, -0.25) is 0 Å². The van der Waals surface area contributed by atoms with Gasteiger partial charge in [-0.25, -0.2) is 0 Å². The molecule has 0 amide bonds. The first-order valence-electron chi connectivity index (χ1n) is 5.84. The highest BCUT2D eigenvalue weighted by Gasteiger charge is 2.06. The Kier molecular flexibility index (Phi) is 3.71. The van der Waals surface area contributed by atoms with Crippen LogP contribution in [0.2, 0.25) is 0 Å². The summed E-state index contributed by atoms with van der Waals surface area (Å²) in [6.45, 7) is 5.97. The monoisotopic (exact) mass is 248 g/mol. The fraction of sp³-hybridized carbons (Fsp3) is 0.455. The van der Waals surface area contributed by atoms with Gasteiger partial charge in [0.2, 0.25) is 5.95 Å². The van der Waals surface area contributed by atoms with Gasteiger partial charge in [-0.05, 0) is 20.3 Å². The zero-order valence-electron chi connectivity index (χ0n) is 10.6. The summed E-state index contributed by atoms with van der Waals surface area (Å²) in [6, 6.07) is 2.08. The van der Waals surface area contributed by atoms with Crippen LogP contribution in [0.3, 0.4) is 0 Å². The van der Waals surface area contributed by atoms with E-state index in [1.54, 1.807) is 6.07 Å². The molecule has 0 saturated carbocycles. The maximum atomic E-state index is 4.96. The Balaban J connectivity index is 2.07. The molecule has 7 nitrogen and oxygen atoms in total. The van der Waals surface area contributed by atoms with Crippen molar-refractivity contribution in [1.82, 2.24) is 20.3 Å². The summed E-state index contributed by atoms with van der Waals surface area (Å²) in [5.74, 6) is 2.40. The van der Waals surface area contributed by atoms with Gasteiger partial charge in [-0.2, -0.15) is 10.1 Å². The number of hydrogen-bond acceptors (Lipinski definition) is 7. The van der Waals surface area contributed by atoms with E-state index in [-0.39, 0.29) is 0 Å². The first-order valence-corrected chi connectivity index (χ1v) is 5.84. The van der Waals surface area contributed by atoms with Crippen LogP contribution in [-0.4, -0.2) is 26.4 Å². The molecule has 0 aromatic carbocycles. The summed E-state index contributed by atoms with van der Waals surface area (Å²) in [5, 5.41) is 17.8. The molecule has 7 heteroatoms. The van der Waals surface area contributed by atoms with Crippen LogP contribution in [0.5, 0.6) is 0 Å². The van der Waals surface area contributed by atoms with E-state index in [4.69, 9.17) is 4.52 Å². The zero-order chi connectivity index (χ0) is 13.0. The summed E-state index contributed by atoms with van der Waals surface area (Å²) >= 11 is 0. The van der Waals surface area contributed by atoms with E-state index < -0.39 is 0 Å². The Morgan fingerprint density at radius 1 is 1.39 bits per heavy atom. The molecule has 0 radical (unpaired) electrons. The molecule has 2 rings (SSSR count). The molecule has 0 aliphatic carbocycles. The largest absolute Gasteiger partial charge is 0.360 e. The third-order valence-corrected chi connectivity index (χ3v) is 2.43. The molecular formula is C11H16N6O. The summed E-state index contributed by atoms with van der Waals surface area (Å²) in [5.41, 5.74) is 0. The van der Waals surface area contributed by atoms with Crippen molar-refractivity contribution < 1.29 is 4.52 Å². The molecule has 2 heterocycles. The van der Waals surface area contributed by atoms with Gasteiger partial charge >= 0.3 is 0 Å². The zero-order valence-corrected chi connectivity index (χ0v) is 10.6. The van der Waals surface area contributed by atoms with Crippen LogP contribution in [-0.2, 0) is 0 Å². The summed E-state index contributed by atoms with van der Waals surface area (Å²) in [4.78, 5) is 4.29. The van der Waals surface area contributed by atoms with Crippen molar-refractivity contribution in [2.45, 2.75) is 33.2 Å². The molecule has 0 bridgehead atoms. The lowest BCUT2D eigenvalue weighted by molar-refractivity contribution is 0.400. The van der Waals surface area contributed by atoms with Crippen LogP contribution in [0.15, 0.2) is 16.8 Å². The predicted octanol–water partition coefficient (Wildman–Crippen LogP) is 2.12. The van der Waals surface area contributed by atoms with Crippen LogP contribution >= 0.6 is 0 Å². The lowest BCUT2D eigenvalue weighted by atomic mass is 10.3. The number of hydrogen-bond donors (Lipinski definition) is 2. The van der Waals surface area contributed by atoms with Crippen molar-refractivity contribution in [2.75, 3.05) is 10.6 Å². The summed E-state index contributed by atoms with van der Waals surface area (Å²) < 4.78 is 4.96. The fourth-order valence-electron chi connectivity index (χ4n) is 1.30. The Hall–Kier alpha value is -2.18. The Labute approximate surface area is 105 Å². The molecule has 96 valence electrons. The highest BCUT2D eigenvalue weighted by molar-refractivity contribution is 5.51. The Bertz CT molecular complexity index is 512. The second-order valence-electron chi connectivity index (χ2n) is 4.07. The first kappa shape index (κ1) is 12.3. The quantitative estimate of drug-likeness (QED) is 0.837. The minimum Gasteiger partial charge on any atom is -0.360 e. The number of rotatable bonds is 5. The number of aryl methyl sites for hydroxylation is 1. The molecular weight excluding hydrogens is 232 g/mol. The summed E-state index contributed by atoms with van der Waals surface area (Å²) in [6.07, 6.45) is 2.52. The van der Waals surface area contributed by atoms with Gasteiger partial charge in [0.25, 0.3) is 0 Å². The number of aromatic nitrogens is 4. The number of nitrogens with one attached hydrogen (secondary N) is 2. The average molecular weight is 248 g/mol. The molecule has 18 heavy (non-hydrogen) atoms. The lowest BCUT2D eigenvalue weighted by Gasteiger charge is -2.10. The normalized spacial score (nSPS) is 12.2. The second-order valence-corrected chi connectivity index (χ2v) is 4.07. The molecule has 0 spiro atoms. The van der Waals surface area contributed by atoms with Gasteiger partial charge in [0.1, 0.15) is 5.76 Å². The Morgan fingerprint density at radius 3 is 2.89 bits per heavy atom. The van der Waals surface area contributed by atoms with Crippen molar-refractivity contribution in [1.29, 1.82) is 0 Å². The van der Waals surface area contributed by atoms with E-state index >= 15 is 0 Å². The number of anilines is 3. The smallest absolute Gasteiger partial charge is 0.244 e. The van der Waals surface area contributed by atoms with Gasteiger partial charge < -0.3 is 15.2 Å². The maximum Gasteiger partial charge on any atom is 0.244 e. The van der Waals surface area contributed by atoms with Crippen molar-refractivity contribution in [3.63, 3.8) is 0 Å². The van der Waals surface area contributed by atoms with Crippen LogP contribution in [0.25, 0.3) is 0 Å². The van der Waals surface area contributed by atoms with E-state index in [9.17, 15) is 0 Å². The molecule has 2 N–H and O–H groups in total. The minimum absolute atomic E-state index is 0.302. The minimum atomic E-state index is 0.302. The van der Waals surface area contributed by atoms with E-state index in [0.29, 0.717) is 23.6 Å². The van der Waals surface area contributed by atoms with Crippen LogP contribution in [0, 0.1) is 6.92 Å². The topological polar surface area (TPSA) is 88.8 Å². The first-order chi connectivity index (χ1) is 8.67. The predicted molar refractivity (Wildman–Crippen MR) is 67.7 cm³/mol. The molecule has 2 aromatic rings. The van der Waals surface area contributed by atoms with E-state index in [1.165, 1.54) is 6.20 Å².